The van der Waals surface area contributed by atoms with Gasteiger partial charge in [-0.05, 0) is 13.0 Å². The summed E-state index contributed by atoms with van der Waals surface area (Å²) in [4.78, 5) is 11.0. The van der Waals surface area contributed by atoms with Crippen LogP contribution in [0.4, 0.5) is 0 Å². The topological polar surface area (TPSA) is 41.1 Å². The van der Waals surface area contributed by atoms with Gasteiger partial charge in [0.1, 0.15) is 0 Å². The molecule has 0 rings (SSSR count). The summed E-state index contributed by atoms with van der Waals surface area (Å²) in [6, 6.07) is 0. The van der Waals surface area contributed by atoms with Gasteiger partial charge in [0.2, 0.25) is 5.91 Å². The molecule has 3 nitrogen and oxygen atoms in total. The van der Waals surface area contributed by atoms with E-state index >= 15 is 0 Å². The maximum Gasteiger partial charge on any atom is 0.233 e. The van der Waals surface area contributed by atoms with Crippen molar-refractivity contribution in [3.05, 3.63) is 0 Å². The van der Waals surface area contributed by atoms with Gasteiger partial charge in [0.25, 0.3) is 0 Å². The average Bonchev–Trinajstić information content (AvgIpc) is 2.07. The van der Waals surface area contributed by atoms with Crippen molar-refractivity contribution in [1.29, 1.82) is 0 Å². The normalized spacial score (nSPS) is 10.3. The van der Waals surface area contributed by atoms with Gasteiger partial charge in [0, 0.05) is 6.54 Å². The van der Waals surface area contributed by atoms with E-state index in [0.717, 1.165) is 19.4 Å². The van der Waals surface area contributed by atoms with Crippen molar-refractivity contribution in [2.75, 3.05) is 20.1 Å². The highest BCUT2D eigenvalue weighted by molar-refractivity contribution is 5.77. The van der Waals surface area contributed by atoms with E-state index < -0.39 is 0 Å². The molecule has 0 aromatic rings. The Labute approximate surface area is 74.9 Å². The zero-order chi connectivity index (χ0) is 9.40. The van der Waals surface area contributed by atoms with Crippen molar-refractivity contribution < 1.29 is 4.79 Å². The molecule has 0 aliphatic carbocycles. The van der Waals surface area contributed by atoms with Crippen LogP contribution in [-0.4, -0.2) is 26.0 Å². The molecule has 0 heterocycles. The zero-order valence-electron chi connectivity index (χ0n) is 8.31. The van der Waals surface area contributed by atoms with Gasteiger partial charge < -0.3 is 10.6 Å². The highest BCUT2D eigenvalue weighted by Gasteiger charge is 2.04. The van der Waals surface area contributed by atoms with E-state index in [4.69, 9.17) is 0 Å². The first-order valence-corrected chi connectivity index (χ1v) is 4.65. The molecule has 3 heteroatoms. The van der Waals surface area contributed by atoms with Crippen molar-refractivity contribution in [2.45, 2.75) is 26.7 Å². The summed E-state index contributed by atoms with van der Waals surface area (Å²) in [5, 5.41) is 5.70. The summed E-state index contributed by atoms with van der Waals surface area (Å²) in [5.41, 5.74) is 0. The van der Waals surface area contributed by atoms with E-state index in [-0.39, 0.29) is 5.91 Å². The molecule has 0 fully saturated rings. The third kappa shape index (κ3) is 5.13. The van der Waals surface area contributed by atoms with Crippen LogP contribution in [-0.2, 0) is 4.79 Å². The fraction of sp³-hybridized carbons (Fsp3) is 0.889. The Morgan fingerprint density at radius 1 is 1.33 bits per heavy atom. The number of likely N-dealkylation sites (N-methyl/N-ethyl adjacent to an activating group) is 1. The molecule has 0 atom stereocenters. The molecule has 0 aromatic carbocycles. The third-order valence-corrected chi connectivity index (χ3v) is 2.08. The largest absolute Gasteiger partial charge is 0.355 e. The van der Waals surface area contributed by atoms with Gasteiger partial charge in [-0.15, -0.1) is 0 Å². The minimum Gasteiger partial charge on any atom is -0.355 e. The minimum absolute atomic E-state index is 0.0874. The Hall–Kier alpha value is -0.570. The number of nitrogens with one attached hydrogen (secondary N) is 2. The van der Waals surface area contributed by atoms with Crippen LogP contribution in [0.25, 0.3) is 0 Å². The van der Waals surface area contributed by atoms with Crippen molar-refractivity contribution in [3.8, 4) is 0 Å². The Bertz CT molecular complexity index is 122. The SMILES string of the molecule is CCC(CC)CNC(=O)CNC. The number of rotatable bonds is 6. The summed E-state index contributed by atoms with van der Waals surface area (Å²) < 4.78 is 0. The van der Waals surface area contributed by atoms with Gasteiger partial charge >= 0.3 is 0 Å². The van der Waals surface area contributed by atoms with E-state index in [1.807, 2.05) is 0 Å². The standard InChI is InChI=1S/C9H20N2O/c1-4-8(5-2)6-11-9(12)7-10-3/h8,10H,4-7H2,1-3H3,(H,11,12). The maximum absolute atomic E-state index is 11.0. The zero-order valence-corrected chi connectivity index (χ0v) is 8.31. The van der Waals surface area contributed by atoms with Crippen LogP contribution in [0.2, 0.25) is 0 Å². The highest BCUT2D eigenvalue weighted by atomic mass is 16.1. The first-order valence-electron chi connectivity index (χ1n) is 4.65. The van der Waals surface area contributed by atoms with Crippen LogP contribution in [0, 0.1) is 5.92 Å². The molecule has 0 saturated carbocycles. The molecule has 12 heavy (non-hydrogen) atoms. The number of carbonyl (C=O) groups is 1. The first-order chi connectivity index (χ1) is 5.74. The molecular formula is C9H20N2O. The molecule has 72 valence electrons. The predicted molar refractivity (Wildman–Crippen MR) is 51.0 cm³/mol. The quantitative estimate of drug-likeness (QED) is 0.621. The summed E-state index contributed by atoms with van der Waals surface area (Å²) in [5.74, 6) is 0.718. The molecular weight excluding hydrogens is 152 g/mol. The predicted octanol–water partition coefficient (Wildman–Crippen LogP) is 0.758. The van der Waals surface area contributed by atoms with Gasteiger partial charge in [-0.1, -0.05) is 26.7 Å². The molecule has 0 aromatic heterocycles. The fourth-order valence-electron chi connectivity index (χ4n) is 1.06. The lowest BCUT2D eigenvalue weighted by molar-refractivity contribution is -0.120. The molecule has 0 aliphatic heterocycles. The van der Waals surface area contributed by atoms with Gasteiger partial charge in [-0.3, -0.25) is 4.79 Å². The van der Waals surface area contributed by atoms with Gasteiger partial charge in [-0.2, -0.15) is 0 Å². The van der Waals surface area contributed by atoms with Gasteiger partial charge in [0.15, 0.2) is 0 Å². The van der Waals surface area contributed by atoms with Gasteiger partial charge in [0.05, 0.1) is 6.54 Å². The van der Waals surface area contributed by atoms with E-state index in [9.17, 15) is 4.79 Å². The van der Waals surface area contributed by atoms with Crippen molar-refractivity contribution >= 4 is 5.91 Å². The number of hydrogen-bond donors (Lipinski definition) is 2. The van der Waals surface area contributed by atoms with Crippen molar-refractivity contribution in [3.63, 3.8) is 0 Å². The van der Waals surface area contributed by atoms with Crippen molar-refractivity contribution in [1.82, 2.24) is 10.6 Å². The Balaban J connectivity index is 3.44. The second-order valence-corrected chi connectivity index (χ2v) is 3.02. The lowest BCUT2D eigenvalue weighted by atomic mass is 10.0. The summed E-state index contributed by atoms with van der Waals surface area (Å²) in [6.45, 7) is 5.53. The van der Waals surface area contributed by atoms with Crippen LogP contribution < -0.4 is 10.6 Å². The van der Waals surface area contributed by atoms with Crippen LogP contribution >= 0.6 is 0 Å². The average molecular weight is 172 g/mol. The number of carbonyl (C=O) groups excluding carboxylic acids is 1. The van der Waals surface area contributed by atoms with E-state index in [2.05, 4.69) is 24.5 Å². The molecule has 2 N–H and O–H groups in total. The molecule has 0 spiro atoms. The van der Waals surface area contributed by atoms with Crippen LogP contribution in [0.1, 0.15) is 26.7 Å². The van der Waals surface area contributed by atoms with Crippen LogP contribution in [0.5, 0.6) is 0 Å². The molecule has 0 saturated heterocycles. The molecule has 0 aliphatic rings. The fourth-order valence-corrected chi connectivity index (χ4v) is 1.06. The molecule has 0 bridgehead atoms. The van der Waals surface area contributed by atoms with Crippen molar-refractivity contribution in [2.24, 2.45) is 5.92 Å². The molecule has 1 amide bonds. The number of amides is 1. The second kappa shape index (κ2) is 7.10. The lowest BCUT2D eigenvalue weighted by Gasteiger charge is -2.12. The third-order valence-electron chi connectivity index (χ3n) is 2.08. The summed E-state index contributed by atoms with van der Waals surface area (Å²) in [7, 11) is 1.77. The molecule has 0 radical (unpaired) electrons. The highest BCUT2D eigenvalue weighted by Crippen LogP contribution is 2.04. The smallest absolute Gasteiger partial charge is 0.233 e. The summed E-state index contributed by atoms with van der Waals surface area (Å²) in [6.07, 6.45) is 2.27. The Morgan fingerprint density at radius 3 is 2.33 bits per heavy atom. The summed E-state index contributed by atoms with van der Waals surface area (Å²) >= 11 is 0. The minimum atomic E-state index is 0.0874. The van der Waals surface area contributed by atoms with E-state index in [1.54, 1.807) is 7.05 Å². The second-order valence-electron chi connectivity index (χ2n) is 3.02. The lowest BCUT2D eigenvalue weighted by Crippen LogP contribution is -2.35. The van der Waals surface area contributed by atoms with E-state index in [1.165, 1.54) is 0 Å². The first kappa shape index (κ1) is 11.4. The Morgan fingerprint density at radius 2 is 1.92 bits per heavy atom. The van der Waals surface area contributed by atoms with Crippen LogP contribution in [0.15, 0.2) is 0 Å². The molecule has 0 unspecified atom stereocenters. The van der Waals surface area contributed by atoms with E-state index in [0.29, 0.717) is 12.5 Å². The van der Waals surface area contributed by atoms with Gasteiger partial charge in [-0.25, -0.2) is 0 Å². The maximum atomic E-state index is 11.0. The monoisotopic (exact) mass is 172 g/mol. The number of hydrogen-bond acceptors (Lipinski definition) is 2. The Kier molecular flexibility index (Phi) is 6.76. The van der Waals surface area contributed by atoms with Crippen LogP contribution in [0.3, 0.4) is 0 Å².